The highest BCUT2D eigenvalue weighted by Crippen LogP contribution is 2.11. The van der Waals surface area contributed by atoms with Gasteiger partial charge in [0.15, 0.2) is 0 Å². The van der Waals surface area contributed by atoms with Gasteiger partial charge in [0.2, 0.25) is 0 Å². The molecule has 1 heterocycles. The van der Waals surface area contributed by atoms with E-state index in [0.29, 0.717) is 19.8 Å². The molecule has 0 atom stereocenters. The van der Waals surface area contributed by atoms with Gasteiger partial charge in [-0.1, -0.05) is 0 Å². The lowest BCUT2D eigenvalue weighted by Crippen LogP contribution is -2.56. The van der Waals surface area contributed by atoms with E-state index in [1.165, 1.54) is 0 Å². The van der Waals surface area contributed by atoms with E-state index in [1.54, 1.807) is 0 Å². The summed E-state index contributed by atoms with van der Waals surface area (Å²) in [7, 11) is -3.83. The van der Waals surface area contributed by atoms with Crippen molar-refractivity contribution in [1.82, 2.24) is 0 Å². The Balaban J connectivity index is 2.52. The van der Waals surface area contributed by atoms with Crippen molar-refractivity contribution < 1.29 is 22.2 Å². The van der Waals surface area contributed by atoms with Crippen molar-refractivity contribution in [2.45, 2.75) is 6.92 Å². The van der Waals surface area contributed by atoms with Gasteiger partial charge in [-0.05, 0) is 6.92 Å². The molecule has 0 radical (unpaired) electrons. The van der Waals surface area contributed by atoms with Crippen molar-refractivity contribution in [3.8, 4) is 0 Å². The highest BCUT2D eigenvalue weighted by molar-refractivity contribution is 7.85. The monoisotopic (exact) mass is 224 g/mol. The number of hydrogen-bond donors (Lipinski definition) is 1. The number of ether oxygens (including phenoxy) is 1. The lowest BCUT2D eigenvalue weighted by molar-refractivity contribution is -0.931. The average Bonchev–Trinajstić information content (AvgIpc) is 2.15. The summed E-state index contributed by atoms with van der Waals surface area (Å²) >= 11 is 0. The highest BCUT2D eigenvalue weighted by atomic mass is 32.2. The van der Waals surface area contributed by atoms with E-state index in [0.717, 1.165) is 24.1 Å². The smallest absolute Gasteiger partial charge is 0.270 e. The largest absolute Gasteiger partial charge is 0.370 e. The molecule has 0 aromatic heterocycles. The number of quaternary nitrogens is 1. The molecule has 0 unspecified atom stereocenters. The molecular formula is C8H18NO4S+. The van der Waals surface area contributed by atoms with E-state index in [-0.39, 0.29) is 5.75 Å². The van der Waals surface area contributed by atoms with Crippen molar-refractivity contribution in [1.29, 1.82) is 0 Å². The van der Waals surface area contributed by atoms with Gasteiger partial charge in [0, 0.05) is 0 Å². The van der Waals surface area contributed by atoms with Gasteiger partial charge in [-0.25, -0.2) is 0 Å². The second-order valence-electron chi connectivity index (χ2n) is 3.73. The predicted octanol–water partition coefficient (Wildman–Crippen LogP) is -0.259. The minimum Gasteiger partial charge on any atom is -0.370 e. The molecular weight excluding hydrogens is 206 g/mol. The molecule has 1 aliphatic rings. The number of nitrogens with zero attached hydrogens (tertiary/aromatic N) is 1. The van der Waals surface area contributed by atoms with Crippen LogP contribution in [-0.2, 0) is 14.9 Å². The number of likely N-dealkylation sites (N-methyl/N-ethyl adjacent to an activating group) is 1. The number of morpholine rings is 1. The summed E-state index contributed by atoms with van der Waals surface area (Å²) in [5.41, 5.74) is 0. The first-order valence-electron chi connectivity index (χ1n) is 4.85. The van der Waals surface area contributed by atoms with Crippen LogP contribution in [0.25, 0.3) is 0 Å². The summed E-state index contributed by atoms with van der Waals surface area (Å²) < 4.78 is 35.9. The number of hydrogen-bond acceptors (Lipinski definition) is 3. The van der Waals surface area contributed by atoms with E-state index in [2.05, 4.69) is 0 Å². The Bertz CT molecular complexity index is 269. The molecule has 1 N–H and O–H groups in total. The van der Waals surface area contributed by atoms with Gasteiger partial charge in [-0.2, -0.15) is 8.42 Å². The van der Waals surface area contributed by atoms with Gasteiger partial charge in [-0.15, -0.1) is 0 Å². The summed E-state index contributed by atoms with van der Waals surface area (Å²) in [6.45, 7) is 6.45. The minimum atomic E-state index is -3.83. The molecule has 1 fully saturated rings. The highest BCUT2D eigenvalue weighted by Gasteiger charge is 2.29. The fourth-order valence-electron chi connectivity index (χ4n) is 1.74. The number of rotatable bonds is 4. The van der Waals surface area contributed by atoms with E-state index >= 15 is 0 Å². The molecule has 0 aromatic rings. The Morgan fingerprint density at radius 3 is 2.36 bits per heavy atom. The Morgan fingerprint density at radius 2 is 1.93 bits per heavy atom. The maximum atomic E-state index is 10.6. The maximum absolute atomic E-state index is 10.6. The Labute approximate surface area is 85.0 Å². The first-order valence-corrected chi connectivity index (χ1v) is 6.46. The Morgan fingerprint density at radius 1 is 1.36 bits per heavy atom. The van der Waals surface area contributed by atoms with Crippen molar-refractivity contribution in [2.24, 2.45) is 0 Å². The van der Waals surface area contributed by atoms with E-state index < -0.39 is 10.1 Å². The second-order valence-corrected chi connectivity index (χ2v) is 5.30. The second kappa shape index (κ2) is 4.57. The van der Waals surface area contributed by atoms with E-state index in [9.17, 15) is 8.42 Å². The fourth-order valence-corrected chi connectivity index (χ4v) is 2.36. The van der Waals surface area contributed by atoms with Gasteiger partial charge < -0.3 is 9.22 Å². The fraction of sp³-hybridized carbons (Fsp3) is 1.00. The van der Waals surface area contributed by atoms with Crippen LogP contribution in [0.5, 0.6) is 0 Å². The molecule has 1 rings (SSSR count). The van der Waals surface area contributed by atoms with Crippen LogP contribution in [0.15, 0.2) is 0 Å². The third kappa shape index (κ3) is 3.53. The predicted molar refractivity (Wildman–Crippen MR) is 52.6 cm³/mol. The van der Waals surface area contributed by atoms with E-state index in [1.807, 2.05) is 6.92 Å². The van der Waals surface area contributed by atoms with Gasteiger partial charge in [-0.3, -0.25) is 4.55 Å². The third-order valence-corrected chi connectivity index (χ3v) is 3.61. The molecule has 84 valence electrons. The average molecular weight is 224 g/mol. The van der Waals surface area contributed by atoms with Gasteiger partial charge in [0.1, 0.15) is 18.8 Å². The molecule has 0 aromatic carbocycles. The quantitative estimate of drug-likeness (QED) is 0.528. The molecule has 1 aliphatic heterocycles. The van der Waals surface area contributed by atoms with Crippen LogP contribution in [0, 0.1) is 0 Å². The van der Waals surface area contributed by atoms with Crippen molar-refractivity contribution >= 4 is 10.1 Å². The van der Waals surface area contributed by atoms with Crippen LogP contribution < -0.4 is 0 Å². The molecule has 0 spiro atoms. The van der Waals surface area contributed by atoms with Crippen molar-refractivity contribution in [2.75, 3.05) is 45.1 Å². The van der Waals surface area contributed by atoms with Crippen LogP contribution in [0.3, 0.4) is 0 Å². The zero-order chi connectivity index (χ0) is 10.7. The molecule has 1 saturated heterocycles. The Hall–Kier alpha value is -0.170. The summed E-state index contributed by atoms with van der Waals surface area (Å²) in [6, 6.07) is 0. The normalized spacial score (nSPS) is 22.1. The van der Waals surface area contributed by atoms with Crippen LogP contribution in [0.4, 0.5) is 0 Å². The summed E-state index contributed by atoms with van der Waals surface area (Å²) in [5.74, 6) is -0.152. The molecule has 0 aliphatic carbocycles. The molecule has 5 nitrogen and oxygen atoms in total. The lowest BCUT2D eigenvalue weighted by Gasteiger charge is -2.40. The molecule has 14 heavy (non-hydrogen) atoms. The van der Waals surface area contributed by atoms with Gasteiger partial charge >= 0.3 is 0 Å². The van der Waals surface area contributed by atoms with Crippen LogP contribution in [0.2, 0.25) is 0 Å². The Kier molecular flexibility index (Phi) is 3.88. The summed E-state index contributed by atoms with van der Waals surface area (Å²) in [5, 5.41) is 0. The summed E-state index contributed by atoms with van der Waals surface area (Å²) in [6.07, 6.45) is 0. The lowest BCUT2D eigenvalue weighted by atomic mass is 10.3. The SMILES string of the molecule is CC[N+]1(CCS(=O)(=O)O)CCOCC1. The first kappa shape index (κ1) is 11.9. The zero-order valence-corrected chi connectivity index (χ0v) is 9.29. The van der Waals surface area contributed by atoms with Gasteiger partial charge in [0.05, 0.1) is 26.3 Å². The van der Waals surface area contributed by atoms with Gasteiger partial charge in [0.25, 0.3) is 10.1 Å². The van der Waals surface area contributed by atoms with Crippen LogP contribution in [-0.4, -0.2) is 62.6 Å². The molecule has 6 heteroatoms. The minimum absolute atomic E-state index is 0.152. The van der Waals surface area contributed by atoms with E-state index in [4.69, 9.17) is 9.29 Å². The maximum Gasteiger partial charge on any atom is 0.270 e. The standard InChI is InChI=1S/C8H17NO4S/c1-2-9(3-6-13-7-4-9)5-8-14(10,11)12/h2-8H2,1H3/p+1. The summed E-state index contributed by atoms with van der Waals surface area (Å²) in [4.78, 5) is 0. The van der Waals surface area contributed by atoms with Crippen molar-refractivity contribution in [3.63, 3.8) is 0 Å². The first-order chi connectivity index (χ1) is 6.47. The molecule has 0 saturated carbocycles. The topological polar surface area (TPSA) is 63.6 Å². The zero-order valence-electron chi connectivity index (χ0n) is 8.48. The van der Waals surface area contributed by atoms with Crippen molar-refractivity contribution in [3.05, 3.63) is 0 Å². The molecule has 0 amide bonds. The van der Waals surface area contributed by atoms with Crippen LogP contribution in [0.1, 0.15) is 6.92 Å². The molecule has 0 bridgehead atoms. The van der Waals surface area contributed by atoms with Crippen LogP contribution >= 0.6 is 0 Å². The third-order valence-electron chi connectivity index (χ3n) is 2.91.